The van der Waals surface area contributed by atoms with Crippen molar-refractivity contribution in [2.45, 2.75) is 0 Å². The van der Waals surface area contributed by atoms with Crippen molar-refractivity contribution in [2.75, 3.05) is 0 Å². The molecule has 0 fully saturated rings. The lowest BCUT2D eigenvalue weighted by Gasteiger charge is -1.95. The van der Waals surface area contributed by atoms with Crippen molar-refractivity contribution in [3.63, 3.8) is 0 Å². The van der Waals surface area contributed by atoms with E-state index in [2.05, 4.69) is 10.0 Å². The minimum Gasteiger partial charge on any atom is -0.298 e. The van der Waals surface area contributed by atoms with E-state index < -0.39 is 5.82 Å². The molecule has 60 valence electrons. The summed E-state index contributed by atoms with van der Waals surface area (Å²) < 4.78 is 12.5. The fourth-order valence-corrected chi connectivity index (χ4v) is 0.751. The molecule has 0 saturated carbocycles. The van der Waals surface area contributed by atoms with Crippen LogP contribution in [0.2, 0.25) is 0 Å². The first-order valence-corrected chi connectivity index (χ1v) is 3.08. The number of carbonyl (C=O) groups excluding carboxylic acids is 1. The number of azide groups is 1. The summed E-state index contributed by atoms with van der Waals surface area (Å²) in [5.41, 5.74) is 8.23. The predicted molar refractivity (Wildman–Crippen MR) is 40.6 cm³/mol. The molecular weight excluding hydrogens is 161 g/mol. The van der Waals surface area contributed by atoms with Crippen LogP contribution in [0.1, 0.15) is 10.4 Å². The van der Waals surface area contributed by atoms with Gasteiger partial charge in [-0.05, 0) is 23.7 Å². The van der Waals surface area contributed by atoms with E-state index in [4.69, 9.17) is 5.53 Å². The molecule has 0 amide bonds. The van der Waals surface area contributed by atoms with Gasteiger partial charge in [-0.3, -0.25) is 4.79 Å². The standard InChI is InChI=1S/C7H4FN3O/c8-6-2-1-5(4-12)7(3-6)10-11-9/h1-4H. The van der Waals surface area contributed by atoms with Crippen LogP contribution in [-0.4, -0.2) is 6.29 Å². The molecule has 1 rings (SSSR count). The molecule has 0 saturated heterocycles. The van der Waals surface area contributed by atoms with Gasteiger partial charge in [-0.1, -0.05) is 5.11 Å². The molecule has 0 aliphatic rings. The van der Waals surface area contributed by atoms with Gasteiger partial charge < -0.3 is 0 Å². The van der Waals surface area contributed by atoms with Crippen LogP contribution in [0, 0.1) is 5.82 Å². The van der Waals surface area contributed by atoms with Crippen LogP contribution in [0.4, 0.5) is 10.1 Å². The van der Waals surface area contributed by atoms with Gasteiger partial charge in [-0.2, -0.15) is 0 Å². The Labute approximate surface area is 67.3 Å². The van der Waals surface area contributed by atoms with Crippen LogP contribution < -0.4 is 0 Å². The molecule has 0 aliphatic carbocycles. The molecular formula is C7H4FN3O. The molecule has 5 heteroatoms. The van der Waals surface area contributed by atoms with Crippen molar-refractivity contribution in [3.8, 4) is 0 Å². The van der Waals surface area contributed by atoms with Crippen molar-refractivity contribution in [2.24, 2.45) is 5.11 Å². The van der Waals surface area contributed by atoms with Gasteiger partial charge in [0.2, 0.25) is 0 Å². The zero-order valence-corrected chi connectivity index (χ0v) is 5.94. The molecule has 12 heavy (non-hydrogen) atoms. The fraction of sp³-hybridized carbons (Fsp3) is 0. The van der Waals surface area contributed by atoms with Crippen LogP contribution in [0.3, 0.4) is 0 Å². The van der Waals surface area contributed by atoms with Gasteiger partial charge in [0.1, 0.15) is 5.82 Å². The lowest BCUT2D eigenvalue weighted by Crippen LogP contribution is -1.81. The zero-order valence-electron chi connectivity index (χ0n) is 5.94. The Kier molecular flexibility index (Phi) is 2.40. The van der Waals surface area contributed by atoms with Gasteiger partial charge in [0.05, 0.1) is 5.69 Å². The summed E-state index contributed by atoms with van der Waals surface area (Å²) >= 11 is 0. The van der Waals surface area contributed by atoms with Crippen molar-refractivity contribution >= 4 is 12.0 Å². The molecule has 0 aliphatic heterocycles. The first-order chi connectivity index (χ1) is 5.77. The maximum Gasteiger partial charge on any atom is 0.150 e. The third kappa shape index (κ3) is 1.59. The highest BCUT2D eigenvalue weighted by Gasteiger charge is 1.99. The van der Waals surface area contributed by atoms with Crippen molar-refractivity contribution in [1.82, 2.24) is 0 Å². The molecule has 0 N–H and O–H groups in total. The average molecular weight is 165 g/mol. The fourth-order valence-electron chi connectivity index (χ4n) is 0.751. The maximum atomic E-state index is 12.5. The van der Waals surface area contributed by atoms with Crippen LogP contribution in [0.15, 0.2) is 23.3 Å². The Morgan fingerprint density at radius 2 is 2.33 bits per heavy atom. The number of halogens is 1. The number of benzene rings is 1. The van der Waals surface area contributed by atoms with Gasteiger partial charge in [0.15, 0.2) is 6.29 Å². The van der Waals surface area contributed by atoms with Crippen LogP contribution in [0.25, 0.3) is 10.4 Å². The third-order valence-corrected chi connectivity index (χ3v) is 1.27. The summed E-state index contributed by atoms with van der Waals surface area (Å²) in [5, 5.41) is 3.15. The summed E-state index contributed by atoms with van der Waals surface area (Å²) in [5.74, 6) is -0.539. The average Bonchev–Trinajstić information content (AvgIpc) is 2.05. The van der Waals surface area contributed by atoms with E-state index in [-0.39, 0.29) is 11.3 Å². The number of aldehydes is 1. The van der Waals surface area contributed by atoms with Gasteiger partial charge in [-0.15, -0.1) is 0 Å². The van der Waals surface area contributed by atoms with Gasteiger partial charge in [0, 0.05) is 10.5 Å². The van der Waals surface area contributed by atoms with E-state index in [1.54, 1.807) is 0 Å². The summed E-state index contributed by atoms with van der Waals surface area (Å²) in [7, 11) is 0. The minimum absolute atomic E-state index is 0.00694. The number of hydrogen-bond donors (Lipinski definition) is 0. The van der Waals surface area contributed by atoms with Gasteiger partial charge >= 0.3 is 0 Å². The van der Waals surface area contributed by atoms with Gasteiger partial charge in [-0.25, -0.2) is 4.39 Å². The topological polar surface area (TPSA) is 65.8 Å². The van der Waals surface area contributed by atoms with E-state index >= 15 is 0 Å². The molecule has 0 atom stereocenters. The summed E-state index contributed by atoms with van der Waals surface area (Å²) in [6.45, 7) is 0. The Morgan fingerprint density at radius 1 is 1.58 bits per heavy atom. The van der Waals surface area contributed by atoms with Crippen molar-refractivity contribution in [1.29, 1.82) is 0 Å². The molecule has 1 aromatic rings. The number of nitrogens with zero attached hydrogens (tertiary/aromatic N) is 3. The Morgan fingerprint density at radius 3 is 2.92 bits per heavy atom. The maximum absolute atomic E-state index is 12.5. The van der Waals surface area contributed by atoms with E-state index in [9.17, 15) is 9.18 Å². The highest BCUT2D eigenvalue weighted by molar-refractivity contribution is 5.82. The summed E-state index contributed by atoms with van der Waals surface area (Å²) in [6, 6.07) is 3.38. The van der Waals surface area contributed by atoms with E-state index in [1.807, 2.05) is 0 Å². The third-order valence-electron chi connectivity index (χ3n) is 1.27. The van der Waals surface area contributed by atoms with Crippen molar-refractivity contribution in [3.05, 3.63) is 40.0 Å². The second kappa shape index (κ2) is 3.50. The number of carbonyl (C=O) groups is 1. The highest BCUT2D eigenvalue weighted by Crippen LogP contribution is 2.18. The Hall–Kier alpha value is -1.87. The smallest absolute Gasteiger partial charge is 0.150 e. The monoisotopic (exact) mass is 165 g/mol. The number of rotatable bonds is 2. The van der Waals surface area contributed by atoms with Crippen molar-refractivity contribution < 1.29 is 9.18 Å². The zero-order chi connectivity index (χ0) is 8.97. The second-order valence-electron chi connectivity index (χ2n) is 2.01. The lowest BCUT2D eigenvalue weighted by molar-refractivity contribution is 0.112. The van der Waals surface area contributed by atoms with Crippen LogP contribution in [0.5, 0.6) is 0 Å². The van der Waals surface area contributed by atoms with E-state index in [1.165, 1.54) is 6.07 Å². The molecule has 0 aromatic heterocycles. The minimum atomic E-state index is -0.539. The Balaban J connectivity index is 3.29. The van der Waals surface area contributed by atoms with E-state index in [0.717, 1.165) is 12.1 Å². The first kappa shape index (κ1) is 8.23. The second-order valence-corrected chi connectivity index (χ2v) is 2.01. The molecule has 0 unspecified atom stereocenters. The largest absolute Gasteiger partial charge is 0.298 e. The normalized spacial score (nSPS) is 8.75. The molecule has 0 bridgehead atoms. The first-order valence-electron chi connectivity index (χ1n) is 3.08. The molecule has 4 nitrogen and oxygen atoms in total. The summed E-state index contributed by atoms with van der Waals surface area (Å²) in [6.07, 6.45) is 0.503. The lowest BCUT2D eigenvalue weighted by atomic mass is 10.2. The quantitative estimate of drug-likeness (QED) is 0.287. The van der Waals surface area contributed by atoms with E-state index in [0.29, 0.717) is 6.29 Å². The molecule has 1 aromatic carbocycles. The molecule has 0 radical (unpaired) electrons. The molecule has 0 heterocycles. The summed E-state index contributed by atoms with van der Waals surface area (Å²) in [4.78, 5) is 12.8. The molecule has 0 spiro atoms. The van der Waals surface area contributed by atoms with Crippen LogP contribution in [-0.2, 0) is 0 Å². The highest BCUT2D eigenvalue weighted by atomic mass is 19.1. The number of hydrogen-bond acceptors (Lipinski definition) is 2. The van der Waals surface area contributed by atoms with Crippen LogP contribution >= 0.6 is 0 Å². The van der Waals surface area contributed by atoms with Gasteiger partial charge in [0.25, 0.3) is 0 Å². The predicted octanol–water partition coefficient (Wildman–Crippen LogP) is 2.58. The Bertz CT molecular complexity index is 358. The SMILES string of the molecule is [N-]=[N+]=Nc1cc(F)ccc1C=O.